The molecule has 0 saturated carbocycles. The molecule has 0 aromatic carbocycles. The van der Waals surface area contributed by atoms with Gasteiger partial charge in [0.2, 0.25) is 5.91 Å². The summed E-state index contributed by atoms with van der Waals surface area (Å²) in [5.41, 5.74) is 0.932. The first-order valence-electron chi connectivity index (χ1n) is 5.14. The Balaban J connectivity index is 3.57. The van der Waals surface area contributed by atoms with E-state index in [0.717, 1.165) is 12.0 Å². The van der Waals surface area contributed by atoms with Crippen LogP contribution in [-0.4, -0.2) is 25.0 Å². The Hall–Kier alpha value is -1.32. The molecular formula is C11H19NO3. The zero-order chi connectivity index (χ0) is 11.7. The summed E-state index contributed by atoms with van der Waals surface area (Å²) >= 11 is 0. The molecule has 4 heteroatoms. The van der Waals surface area contributed by atoms with Gasteiger partial charge in [-0.2, -0.15) is 0 Å². The largest absolute Gasteiger partial charge is 0.466 e. The van der Waals surface area contributed by atoms with E-state index in [1.807, 2.05) is 20.8 Å². The van der Waals surface area contributed by atoms with Crippen LogP contribution in [0, 0.1) is 0 Å². The number of ether oxygens (including phenoxy) is 1. The van der Waals surface area contributed by atoms with Crippen LogP contribution in [0.3, 0.4) is 0 Å². The van der Waals surface area contributed by atoms with Crippen LogP contribution in [0.1, 0.15) is 33.6 Å². The highest BCUT2D eigenvalue weighted by molar-refractivity contribution is 5.88. The Morgan fingerprint density at radius 2 is 2.00 bits per heavy atom. The summed E-state index contributed by atoms with van der Waals surface area (Å²) in [7, 11) is 0. The lowest BCUT2D eigenvalue weighted by atomic mass is 10.3. The molecule has 86 valence electrons. The van der Waals surface area contributed by atoms with E-state index in [4.69, 9.17) is 4.74 Å². The molecule has 0 aliphatic carbocycles. The third kappa shape index (κ3) is 9.00. The Labute approximate surface area is 90.7 Å². The molecule has 0 heterocycles. The summed E-state index contributed by atoms with van der Waals surface area (Å²) < 4.78 is 4.85. The van der Waals surface area contributed by atoms with Crippen LogP contribution in [0.25, 0.3) is 0 Å². The summed E-state index contributed by atoms with van der Waals surface area (Å²) in [6.07, 6.45) is 2.54. The molecule has 0 radical (unpaired) electrons. The second-order valence-corrected chi connectivity index (χ2v) is 3.48. The van der Waals surface area contributed by atoms with Crippen LogP contribution in [-0.2, 0) is 14.3 Å². The number of allylic oxidation sites excluding steroid dienone is 1. The van der Waals surface area contributed by atoms with Gasteiger partial charge in [0.25, 0.3) is 0 Å². The minimum Gasteiger partial charge on any atom is -0.466 e. The number of esters is 1. The second-order valence-electron chi connectivity index (χ2n) is 3.48. The van der Waals surface area contributed by atoms with Gasteiger partial charge >= 0.3 is 5.97 Å². The van der Waals surface area contributed by atoms with Gasteiger partial charge in [0, 0.05) is 12.6 Å². The smallest absolute Gasteiger partial charge is 0.307 e. The van der Waals surface area contributed by atoms with E-state index in [1.165, 1.54) is 6.08 Å². The third-order valence-electron chi connectivity index (χ3n) is 1.52. The van der Waals surface area contributed by atoms with Crippen molar-refractivity contribution in [3.8, 4) is 0 Å². The maximum atomic E-state index is 11.1. The van der Waals surface area contributed by atoms with Crippen molar-refractivity contribution in [2.75, 3.05) is 13.2 Å². The molecule has 0 aromatic rings. The van der Waals surface area contributed by atoms with Crippen LogP contribution in [0.15, 0.2) is 11.6 Å². The van der Waals surface area contributed by atoms with E-state index in [-0.39, 0.29) is 18.3 Å². The summed E-state index contributed by atoms with van der Waals surface area (Å²) in [6.45, 7) is 6.39. The summed E-state index contributed by atoms with van der Waals surface area (Å²) in [6, 6.07) is 0. The van der Waals surface area contributed by atoms with Crippen LogP contribution < -0.4 is 5.32 Å². The molecular weight excluding hydrogens is 194 g/mol. The first-order chi connectivity index (χ1) is 7.06. The van der Waals surface area contributed by atoms with Crippen molar-refractivity contribution < 1.29 is 14.3 Å². The van der Waals surface area contributed by atoms with Crippen molar-refractivity contribution in [3.05, 3.63) is 11.6 Å². The Morgan fingerprint density at radius 3 is 2.53 bits per heavy atom. The number of amides is 1. The van der Waals surface area contributed by atoms with Gasteiger partial charge in [-0.05, 0) is 20.3 Å². The monoisotopic (exact) mass is 213 g/mol. The van der Waals surface area contributed by atoms with E-state index < -0.39 is 0 Å². The predicted octanol–water partition coefficient (Wildman–Crippen LogP) is 1.41. The molecule has 0 rings (SSSR count). The van der Waals surface area contributed by atoms with E-state index >= 15 is 0 Å². The number of hydrogen-bond donors (Lipinski definition) is 1. The molecule has 1 N–H and O–H groups in total. The lowest BCUT2D eigenvalue weighted by Gasteiger charge is -2.03. The second kappa shape index (κ2) is 8.03. The van der Waals surface area contributed by atoms with Gasteiger partial charge in [0.15, 0.2) is 0 Å². The summed E-state index contributed by atoms with van der Waals surface area (Å²) in [5.74, 6) is -0.437. The molecule has 0 atom stereocenters. The van der Waals surface area contributed by atoms with E-state index in [1.54, 1.807) is 0 Å². The summed E-state index contributed by atoms with van der Waals surface area (Å²) in [5, 5.41) is 2.61. The zero-order valence-corrected chi connectivity index (χ0v) is 9.63. The van der Waals surface area contributed by atoms with E-state index in [0.29, 0.717) is 13.2 Å². The normalized spacial score (nSPS) is 9.27. The van der Waals surface area contributed by atoms with Gasteiger partial charge < -0.3 is 10.1 Å². The molecule has 0 bridgehead atoms. The Bertz CT molecular complexity index is 242. The molecule has 0 saturated heterocycles. The lowest BCUT2D eigenvalue weighted by Crippen LogP contribution is -2.25. The van der Waals surface area contributed by atoms with Crippen LogP contribution in [0.5, 0.6) is 0 Å². The minimum atomic E-state index is -0.269. The zero-order valence-electron chi connectivity index (χ0n) is 9.63. The van der Waals surface area contributed by atoms with Gasteiger partial charge in [-0.3, -0.25) is 9.59 Å². The minimum absolute atomic E-state index is 0.168. The third-order valence-corrected chi connectivity index (χ3v) is 1.52. The average Bonchev–Trinajstić information content (AvgIpc) is 2.13. The predicted molar refractivity (Wildman–Crippen MR) is 58.3 cm³/mol. The van der Waals surface area contributed by atoms with Crippen molar-refractivity contribution in [2.24, 2.45) is 0 Å². The fourth-order valence-electron chi connectivity index (χ4n) is 0.889. The number of carbonyl (C=O) groups excluding carboxylic acids is 2. The lowest BCUT2D eigenvalue weighted by molar-refractivity contribution is -0.143. The van der Waals surface area contributed by atoms with Gasteiger partial charge in [0.05, 0.1) is 13.0 Å². The first-order valence-corrected chi connectivity index (χ1v) is 5.14. The van der Waals surface area contributed by atoms with Crippen LogP contribution in [0.2, 0.25) is 0 Å². The van der Waals surface area contributed by atoms with E-state index in [2.05, 4.69) is 5.32 Å². The molecule has 4 nitrogen and oxygen atoms in total. The van der Waals surface area contributed by atoms with Crippen LogP contribution >= 0.6 is 0 Å². The number of rotatable bonds is 6. The van der Waals surface area contributed by atoms with Gasteiger partial charge in [-0.25, -0.2) is 0 Å². The average molecular weight is 213 g/mol. The molecule has 0 aliphatic rings. The quantitative estimate of drug-likeness (QED) is 0.536. The maximum absolute atomic E-state index is 11.1. The SMILES string of the molecule is CCCOC(=O)CCNC(=O)C=C(C)C. The van der Waals surface area contributed by atoms with Crippen molar-refractivity contribution >= 4 is 11.9 Å². The van der Waals surface area contributed by atoms with Gasteiger partial charge in [-0.15, -0.1) is 0 Å². The van der Waals surface area contributed by atoms with Gasteiger partial charge in [0.1, 0.15) is 0 Å². The molecule has 0 aromatic heterocycles. The fourth-order valence-corrected chi connectivity index (χ4v) is 0.889. The molecule has 0 unspecified atom stereocenters. The Morgan fingerprint density at radius 1 is 1.33 bits per heavy atom. The van der Waals surface area contributed by atoms with Gasteiger partial charge in [-0.1, -0.05) is 12.5 Å². The van der Waals surface area contributed by atoms with Crippen LogP contribution in [0.4, 0.5) is 0 Å². The topological polar surface area (TPSA) is 55.4 Å². The molecule has 1 amide bonds. The van der Waals surface area contributed by atoms with Crippen molar-refractivity contribution in [1.29, 1.82) is 0 Å². The highest BCUT2D eigenvalue weighted by atomic mass is 16.5. The van der Waals surface area contributed by atoms with E-state index in [9.17, 15) is 9.59 Å². The number of nitrogens with one attached hydrogen (secondary N) is 1. The summed E-state index contributed by atoms with van der Waals surface area (Å²) in [4.78, 5) is 22.1. The maximum Gasteiger partial charge on any atom is 0.307 e. The number of hydrogen-bond acceptors (Lipinski definition) is 3. The number of carbonyl (C=O) groups is 2. The molecule has 0 spiro atoms. The molecule has 15 heavy (non-hydrogen) atoms. The molecule has 0 aliphatic heterocycles. The van der Waals surface area contributed by atoms with Crippen molar-refractivity contribution in [1.82, 2.24) is 5.32 Å². The Kier molecular flexibility index (Phi) is 7.32. The van der Waals surface area contributed by atoms with Crippen molar-refractivity contribution in [3.63, 3.8) is 0 Å². The highest BCUT2D eigenvalue weighted by Crippen LogP contribution is 1.89. The first kappa shape index (κ1) is 13.7. The standard InChI is InChI=1S/C11H19NO3/c1-4-7-15-11(14)5-6-12-10(13)8-9(2)3/h8H,4-7H2,1-3H3,(H,12,13). The fraction of sp³-hybridized carbons (Fsp3) is 0.636. The highest BCUT2D eigenvalue weighted by Gasteiger charge is 2.02. The molecule has 0 fully saturated rings. The van der Waals surface area contributed by atoms with Crippen molar-refractivity contribution in [2.45, 2.75) is 33.6 Å².